The zero-order chi connectivity index (χ0) is 18.6. The first-order chi connectivity index (χ1) is 12.6. The number of aryl methyl sites for hydroxylation is 1. The van der Waals surface area contributed by atoms with Crippen molar-refractivity contribution in [1.29, 1.82) is 0 Å². The van der Waals surface area contributed by atoms with E-state index in [1.54, 1.807) is 0 Å². The van der Waals surface area contributed by atoms with Gasteiger partial charge in [0, 0.05) is 6.54 Å². The molecule has 0 aliphatic carbocycles. The van der Waals surface area contributed by atoms with Crippen LogP contribution in [0.2, 0.25) is 0 Å². The first kappa shape index (κ1) is 18.0. The van der Waals surface area contributed by atoms with Gasteiger partial charge in [0.05, 0.1) is 6.61 Å². The van der Waals surface area contributed by atoms with Crippen molar-refractivity contribution in [3.63, 3.8) is 0 Å². The number of rotatable bonds is 7. The van der Waals surface area contributed by atoms with Crippen molar-refractivity contribution in [3.05, 3.63) is 65.7 Å². The molecule has 0 spiro atoms. The Morgan fingerprint density at radius 1 is 1.08 bits per heavy atom. The molecule has 0 aromatic heterocycles. The topological polar surface area (TPSA) is 58.6 Å². The molecule has 136 valence electrons. The predicted molar refractivity (Wildman–Crippen MR) is 99.9 cm³/mol. The highest BCUT2D eigenvalue weighted by Crippen LogP contribution is 2.32. The van der Waals surface area contributed by atoms with Gasteiger partial charge in [0.1, 0.15) is 11.3 Å². The molecular weight excluding hydrogens is 328 g/mol. The summed E-state index contributed by atoms with van der Waals surface area (Å²) < 4.78 is 5.71. The number of nitrogens with one attached hydrogen (secondary N) is 1. The lowest BCUT2D eigenvalue weighted by Gasteiger charge is -2.25. The zero-order valence-electron chi connectivity index (χ0n) is 15.2. The highest BCUT2D eigenvalue weighted by molar-refractivity contribution is 6.07. The van der Waals surface area contributed by atoms with Crippen LogP contribution in [0.25, 0.3) is 0 Å². The molecule has 5 heteroatoms. The van der Waals surface area contributed by atoms with Gasteiger partial charge in [0.25, 0.3) is 5.91 Å². The maximum atomic E-state index is 13.0. The second-order valence-electron chi connectivity index (χ2n) is 6.53. The van der Waals surface area contributed by atoms with Crippen molar-refractivity contribution >= 4 is 11.9 Å². The van der Waals surface area contributed by atoms with Crippen LogP contribution in [0.4, 0.5) is 4.79 Å². The van der Waals surface area contributed by atoms with Crippen molar-refractivity contribution in [3.8, 4) is 5.75 Å². The van der Waals surface area contributed by atoms with Gasteiger partial charge in [-0.2, -0.15) is 0 Å². The fourth-order valence-corrected chi connectivity index (χ4v) is 3.31. The largest absolute Gasteiger partial charge is 0.494 e. The number of urea groups is 1. The van der Waals surface area contributed by atoms with Gasteiger partial charge >= 0.3 is 6.03 Å². The molecule has 2 aromatic carbocycles. The number of hydrogen-bond acceptors (Lipinski definition) is 3. The van der Waals surface area contributed by atoms with Gasteiger partial charge in [-0.15, -0.1) is 0 Å². The van der Waals surface area contributed by atoms with Crippen LogP contribution in [0.3, 0.4) is 0 Å². The van der Waals surface area contributed by atoms with Crippen molar-refractivity contribution in [2.24, 2.45) is 0 Å². The summed E-state index contributed by atoms with van der Waals surface area (Å²) in [6.45, 7) is 4.71. The van der Waals surface area contributed by atoms with E-state index in [0.29, 0.717) is 26.0 Å². The Hall–Kier alpha value is -2.82. The van der Waals surface area contributed by atoms with Gasteiger partial charge in [-0.25, -0.2) is 4.79 Å². The lowest BCUT2D eigenvalue weighted by atomic mass is 9.87. The monoisotopic (exact) mass is 352 g/mol. The van der Waals surface area contributed by atoms with Crippen molar-refractivity contribution in [1.82, 2.24) is 10.2 Å². The van der Waals surface area contributed by atoms with Gasteiger partial charge in [-0.1, -0.05) is 49.4 Å². The van der Waals surface area contributed by atoms with Gasteiger partial charge < -0.3 is 10.1 Å². The van der Waals surface area contributed by atoms with Crippen molar-refractivity contribution in [2.45, 2.75) is 32.2 Å². The van der Waals surface area contributed by atoms with Crippen LogP contribution in [-0.4, -0.2) is 30.0 Å². The SMILES string of the molecule is CCC1(c2ccccc2)NC(=O)N(CCCOc2cccc(C)c2)C1=O. The molecule has 1 atom stereocenters. The summed E-state index contributed by atoms with van der Waals surface area (Å²) in [6.07, 6.45) is 1.10. The van der Waals surface area contributed by atoms with Crippen LogP contribution in [0.15, 0.2) is 54.6 Å². The quantitative estimate of drug-likeness (QED) is 0.612. The summed E-state index contributed by atoms with van der Waals surface area (Å²) in [5, 5.41) is 2.90. The van der Waals surface area contributed by atoms with E-state index in [1.807, 2.05) is 68.4 Å². The summed E-state index contributed by atoms with van der Waals surface area (Å²) in [6, 6.07) is 16.9. The normalized spacial score (nSPS) is 19.5. The molecule has 2 aromatic rings. The number of nitrogens with zero attached hydrogens (tertiary/aromatic N) is 1. The first-order valence-corrected chi connectivity index (χ1v) is 8.96. The highest BCUT2D eigenvalue weighted by atomic mass is 16.5. The van der Waals surface area contributed by atoms with E-state index in [9.17, 15) is 9.59 Å². The van der Waals surface area contributed by atoms with Crippen LogP contribution in [-0.2, 0) is 10.3 Å². The lowest BCUT2D eigenvalue weighted by molar-refractivity contribution is -0.131. The molecule has 3 amide bonds. The third-order valence-electron chi connectivity index (χ3n) is 4.76. The molecule has 5 nitrogen and oxygen atoms in total. The summed E-state index contributed by atoms with van der Waals surface area (Å²) in [4.78, 5) is 26.7. The van der Waals surface area contributed by atoms with E-state index in [0.717, 1.165) is 16.9 Å². The molecule has 1 heterocycles. The maximum Gasteiger partial charge on any atom is 0.325 e. The third-order valence-corrected chi connectivity index (χ3v) is 4.76. The molecule has 26 heavy (non-hydrogen) atoms. The molecule has 1 aliphatic heterocycles. The number of imide groups is 1. The number of hydrogen-bond donors (Lipinski definition) is 1. The molecular formula is C21H24N2O3. The fourth-order valence-electron chi connectivity index (χ4n) is 3.31. The Bertz CT molecular complexity index is 791. The van der Waals surface area contributed by atoms with Gasteiger partial charge in [-0.05, 0) is 43.0 Å². The number of carbonyl (C=O) groups is 2. The Morgan fingerprint density at radius 3 is 2.54 bits per heavy atom. The summed E-state index contributed by atoms with van der Waals surface area (Å²) in [5.74, 6) is 0.612. The average molecular weight is 352 g/mol. The second kappa shape index (κ2) is 7.60. The van der Waals surface area contributed by atoms with Gasteiger partial charge in [-0.3, -0.25) is 9.69 Å². The molecule has 0 radical (unpaired) electrons. The minimum Gasteiger partial charge on any atom is -0.494 e. The highest BCUT2D eigenvalue weighted by Gasteiger charge is 2.50. The van der Waals surface area contributed by atoms with Crippen LogP contribution in [0.1, 0.15) is 30.9 Å². The minimum absolute atomic E-state index is 0.188. The molecule has 0 saturated carbocycles. The Kier molecular flexibility index (Phi) is 5.26. The molecule has 0 bridgehead atoms. The van der Waals surface area contributed by atoms with Gasteiger partial charge in [0.2, 0.25) is 0 Å². The van der Waals surface area contributed by atoms with E-state index in [1.165, 1.54) is 4.90 Å². The van der Waals surface area contributed by atoms with Crippen LogP contribution < -0.4 is 10.1 Å². The zero-order valence-corrected chi connectivity index (χ0v) is 15.2. The summed E-state index contributed by atoms with van der Waals surface area (Å²) >= 11 is 0. The summed E-state index contributed by atoms with van der Waals surface area (Å²) in [7, 11) is 0. The molecule has 1 fully saturated rings. The second-order valence-corrected chi connectivity index (χ2v) is 6.53. The minimum atomic E-state index is -0.963. The third kappa shape index (κ3) is 3.43. The van der Waals surface area contributed by atoms with Gasteiger partial charge in [0.15, 0.2) is 0 Å². The van der Waals surface area contributed by atoms with E-state index in [4.69, 9.17) is 4.74 Å². The summed E-state index contributed by atoms with van der Waals surface area (Å²) in [5.41, 5.74) is 0.988. The average Bonchev–Trinajstić information content (AvgIpc) is 2.90. The van der Waals surface area contributed by atoms with Crippen molar-refractivity contribution in [2.75, 3.05) is 13.2 Å². The Balaban J connectivity index is 1.62. The predicted octanol–water partition coefficient (Wildman–Crippen LogP) is 3.62. The van der Waals surface area contributed by atoms with E-state index in [-0.39, 0.29) is 11.9 Å². The maximum absolute atomic E-state index is 13.0. The first-order valence-electron chi connectivity index (χ1n) is 8.96. The van der Waals surface area contributed by atoms with E-state index < -0.39 is 5.54 Å². The van der Waals surface area contributed by atoms with Crippen molar-refractivity contribution < 1.29 is 14.3 Å². The molecule has 1 aliphatic rings. The lowest BCUT2D eigenvalue weighted by Crippen LogP contribution is -2.43. The molecule has 3 rings (SSSR count). The van der Waals surface area contributed by atoms with E-state index >= 15 is 0 Å². The molecule has 1 saturated heterocycles. The smallest absolute Gasteiger partial charge is 0.325 e. The van der Waals surface area contributed by atoms with E-state index in [2.05, 4.69) is 5.32 Å². The fraction of sp³-hybridized carbons (Fsp3) is 0.333. The Labute approximate surface area is 154 Å². The number of amides is 3. The Morgan fingerprint density at radius 2 is 1.85 bits per heavy atom. The number of benzene rings is 2. The van der Waals surface area contributed by atoms with Crippen LogP contribution in [0, 0.1) is 6.92 Å². The number of ether oxygens (including phenoxy) is 1. The van der Waals surface area contributed by atoms with Crippen LogP contribution >= 0.6 is 0 Å². The number of carbonyl (C=O) groups excluding carboxylic acids is 2. The molecule has 1 unspecified atom stereocenters. The standard InChI is InChI=1S/C21H24N2O3/c1-3-21(17-10-5-4-6-11-17)19(24)23(20(25)22-21)13-8-14-26-18-12-7-9-16(2)15-18/h4-7,9-12,15H,3,8,13-14H2,1-2H3,(H,22,25). The molecule has 1 N–H and O–H groups in total. The van der Waals surface area contributed by atoms with Crippen LogP contribution in [0.5, 0.6) is 5.75 Å².